The van der Waals surface area contributed by atoms with Crippen LogP contribution in [0.5, 0.6) is 0 Å². The van der Waals surface area contributed by atoms with Crippen LogP contribution < -0.4 is 4.70 Å². The molecule has 7 heteroatoms. The molecule has 0 atom stereocenters. The van der Waals surface area contributed by atoms with E-state index in [0.717, 1.165) is 6.07 Å². The third-order valence-corrected chi connectivity index (χ3v) is 1.25. The lowest BCUT2D eigenvalue weighted by atomic mass is 10.3. The summed E-state index contributed by atoms with van der Waals surface area (Å²) in [5, 5.41) is 20.3. The SMILES string of the molecule is O=[N+]([O-])c1cccc([N+](=O)[O-])c1.[F-]. The smallest absolute Gasteiger partial charge is 0.276 e. The zero-order chi connectivity index (χ0) is 9.14. The maximum Gasteiger partial charge on any atom is 0.276 e. The zero-order valence-electron chi connectivity index (χ0n) is 6.21. The van der Waals surface area contributed by atoms with Crippen LogP contribution in [0.1, 0.15) is 0 Å². The summed E-state index contributed by atoms with van der Waals surface area (Å²) in [6, 6.07) is 4.59. The fraction of sp³-hybridized carbons (Fsp3) is 0. The minimum absolute atomic E-state index is 0. The number of benzene rings is 1. The Labute approximate surface area is 71.5 Å². The van der Waals surface area contributed by atoms with Gasteiger partial charge in [-0.05, 0) is 6.07 Å². The summed E-state index contributed by atoms with van der Waals surface area (Å²) in [7, 11) is 0. The van der Waals surface area contributed by atoms with E-state index in [2.05, 4.69) is 0 Å². The molecular weight excluding hydrogens is 183 g/mol. The molecular formula is C6H4FN2O4-. The number of nitro benzene ring substituents is 2. The molecule has 0 saturated carbocycles. The molecule has 0 spiro atoms. The molecule has 1 rings (SSSR count). The Morgan fingerprint density at radius 1 is 1.00 bits per heavy atom. The van der Waals surface area contributed by atoms with Crippen molar-refractivity contribution < 1.29 is 14.6 Å². The molecule has 1 aromatic carbocycles. The van der Waals surface area contributed by atoms with Crippen molar-refractivity contribution in [3.63, 3.8) is 0 Å². The first-order valence-corrected chi connectivity index (χ1v) is 3.00. The summed E-state index contributed by atoms with van der Waals surface area (Å²) < 4.78 is 0. The number of hydrogen-bond donors (Lipinski definition) is 0. The van der Waals surface area contributed by atoms with Gasteiger partial charge in [-0.2, -0.15) is 0 Å². The third kappa shape index (κ3) is 2.47. The molecule has 0 saturated heterocycles. The highest BCUT2D eigenvalue weighted by Crippen LogP contribution is 2.18. The molecule has 0 bridgehead atoms. The Bertz CT molecular complexity index is 312. The largest absolute Gasteiger partial charge is 1.00 e. The second-order valence-corrected chi connectivity index (χ2v) is 2.03. The van der Waals surface area contributed by atoms with Crippen molar-refractivity contribution in [3.8, 4) is 0 Å². The van der Waals surface area contributed by atoms with E-state index in [9.17, 15) is 20.2 Å². The van der Waals surface area contributed by atoms with E-state index in [4.69, 9.17) is 0 Å². The Hall–Kier alpha value is -2.05. The van der Waals surface area contributed by atoms with Gasteiger partial charge in [-0.25, -0.2) is 0 Å². The average Bonchev–Trinajstić information content (AvgIpc) is 2.04. The Kier molecular flexibility index (Phi) is 3.45. The van der Waals surface area contributed by atoms with Crippen molar-refractivity contribution in [2.45, 2.75) is 0 Å². The minimum Gasteiger partial charge on any atom is -1.00 e. The van der Waals surface area contributed by atoms with E-state index >= 15 is 0 Å². The van der Waals surface area contributed by atoms with E-state index in [-0.39, 0.29) is 16.1 Å². The number of rotatable bonds is 2. The summed E-state index contributed by atoms with van der Waals surface area (Å²) in [5.41, 5.74) is -0.548. The third-order valence-electron chi connectivity index (χ3n) is 1.25. The van der Waals surface area contributed by atoms with Crippen molar-refractivity contribution in [2.24, 2.45) is 0 Å². The van der Waals surface area contributed by atoms with Crippen molar-refractivity contribution in [1.29, 1.82) is 0 Å². The lowest BCUT2D eigenvalue weighted by molar-refractivity contribution is -0.394. The Balaban J connectivity index is 0.00000144. The van der Waals surface area contributed by atoms with Crippen molar-refractivity contribution in [3.05, 3.63) is 44.5 Å². The topological polar surface area (TPSA) is 86.3 Å². The van der Waals surface area contributed by atoms with Gasteiger partial charge in [0.2, 0.25) is 0 Å². The Morgan fingerprint density at radius 2 is 1.38 bits per heavy atom. The molecule has 0 aromatic heterocycles. The molecule has 70 valence electrons. The monoisotopic (exact) mass is 187 g/mol. The van der Waals surface area contributed by atoms with Crippen LogP contribution in [0.25, 0.3) is 0 Å². The van der Waals surface area contributed by atoms with Gasteiger partial charge in [-0.1, -0.05) is 0 Å². The summed E-state index contributed by atoms with van der Waals surface area (Å²) in [6.07, 6.45) is 0. The molecule has 0 radical (unpaired) electrons. The van der Waals surface area contributed by atoms with E-state index in [1.807, 2.05) is 0 Å². The van der Waals surface area contributed by atoms with Crippen LogP contribution in [0.2, 0.25) is 0 Å². The van der Waals surface area contributed by atoms with Crippen LogP contribution >= 0.6 is 0 Å². The predicted octanol–water partition coefficient (Wildman–Crippen LogP) is -1.49. The first-order valence-electron chi connectivity index (χ1n) is 3.00. The standard InChI is InChI=1S/C6H4N2O4.FH/c9-7(10)5-2-1-3-6(4-5)8(11)12;/h1-4H;1H/p-1. The summed E-state index contributed by atoms with van der Waals surface area (Å²) >= 11 is 0. The first-order chi connectivity index (χ1) is 5.61. The summed E-state index contributed by atoms with van der Waals surface area (Å²) in [5.74, 6) is 0. The van der Waals surface area contributed by atoms with Gasteiger partial charge >= 0.3 is 0 Å². The average molecular weight is 187 g/mol. The van der Waals surface area contributed by atoms with Gasteiger partial charge in [0.05, 0.1) is 15.9 Å². The quantitative estimate of drug-likeness (QED) is 0.416. The van der Waals surface area contributed by atoms with Gasteiger partial charge in [0.25, 0.3) is 11.4 Å². The molecule has 0 amide bonds. The molecule has 0 unspecified atom stereocenters. The van der Waals surface area contributed by atoms with Crippen LogP contribution in [0.15, 0.2) is 24.3 Å². The second-order valence-electron chi connectivity index (χ2n) is 2.03. The lowest BCUT2D eigenvalue weighted by Gasteiger charge is -1.90. The van der Waals surface area contributed by atoms with E-state index in [0.29, 0.717) is 0 Å². The van der Waals surface area contributed by atoms with Gasteiger partial charge in [0.15, 0.2) is 0 Å². The highest BCUT2D eigenvalue weighted by Gasteiger charge is 2.11. The van der Waals surface area contributed by atoms with Crippen molar-refractivity contribution in [2.75, 3.05) is 0 Å². The van der Waals surface area contributed by atoms with Gasteiger partial charge in [-0.15, -0.1) is 0 Å². The van der Waals surface area contributed by atoms with E-state index in [1.54, 1.807) is 0 Å². The summed E-state index contributed by atoms with van der Waals surface area (Å²) in [4.78, 5) is 19.0. The van der Waals surface area contributed by atoms with Crippen molar-refractivity contribution in [1.82, 2.24) is 0 Å². The maximum absolute atomic E-state index is 10.2. The van der Waals surface area contributed by atoms with Crippen LogP contribution in [0.4, 0.5) is 11.4 Å². The molecule has 0 aliphatic heterocycles. The second kappa shape index (κ2) is 4.10. The summed E-state index contributed by atoms with van der Waals surface area (Å²) in [6.45, 7) is 0. The normalized spacial score (nSPS) is 8.62. The van der Waals surface area contributed by atoms with Gasteiger partial charge in [0, 0.05) is 12.1 Å². The maximum atomic E-state index is 10.2. The molecule has 6 nitrogen and oxygen atoms in total. The number of nitrogens with zero attached hydrogens (tertiary/aromatic N) is 2. The fourth-order valence-corrected chi connectivity index (χ4v) is 0.720. The van der Waals surface area contributed by atoms with E-state index < -0.39 is 9.85 Å². The van der Waals surface area contributed by atoms with Crippen LogP contribution in [0, 0.1) is 20.2 Å². The number of halogens is 1. The molecule has 0 aliphatic carbocycles. The number of nitro groups is 2. The molecule has 0 heterocycles. The number of hydrogen-bond acceptors (Lipinski definition) is 4. The molecule has 1 aromatic rings. The van der Waals surface area contributed by atoms with Crippen LogP contribution in [-0.2, 0) is 0 Å². The lowest BCUT2D eigenvalue weighted by Crippen LogP contribution is -3.00. The molecule has 13 heavy (non-hydrogen) atoms. The predicted molar refractivity (Wildman–Crippen MR) is 39.8 cm³/mol. The van der Waals surface area contributed by atoms with Crippen molar-refractivity contribution >= 4 is 11.4 Å². The van der Waals surface area contributed by atoms with E-state index in [1.165, 1.54) is 18.2 Å². The van der Waals surface area contributed by atoms with Gasteiger partial charge < -0.3 is 4.70 Å². The fourth-order valence-electron chi connectivity index (χ4n) is 0.720. The van der Waals surface area contributed by atoms with Gasteiger partial charge in [0.1, 0.15) is 0 Å². The number of non-ortho nitro benzene ring substituents is 2. The van der Waals surface area contributed by atoms with Crippen LogP contribution in [-0.4, -0.2) is 9.85 Å². The highest BCUT2D eigenvalue weighted by molar-refractivity contribution is 5.42. The Morgan fingerprint density at radius 3 is 1.69 bits per heavy atom. The molecule has 0 fully saturated rings. The van der Waals surface area contributed by atoms with Crippen LogP contribution in [0.3, 0.4) is 0 Å². The molecule has 0 N–H and O–H groups in total. The minimum atomic E-state index is -0.674. The molecule has 0 aliphatic rings. The zero-order valence-corrected chi connectivity index (χ0v) is 6.21. The first kappa shape index (κ1) is 11.0. The van der Waals surface area contributed by atoms with Gasteiger partial charge in [-0.3, -0.25) is 20.2 Å². The highest BCUT2D eigenvalue weighted by atomic mass is 19.0.